The molecule has 1 aliphatic carbocycles. The van der Waals surface area contributed by atoms with Crippen molar-refractivity contribution in [2.45, 2.75) is 33.1 Å². The molecule has 32 heavy (non-hydrogen) atoms. The molecule has 9 heteroatoms. The topological polar surface area (TPSA) is 122 Å². The van der Waals surface area contributed by atoms with E-state index < -0.39 is 4.92 Å². The van der Waals surface area contributed by atoms with Crippen molar-refractivity contribution in [3.05, 3.63) is 52.6 Å². The summed E-state index contributed by atoms with van der Waals surface area (Å²) >= 11 is 0. The molecule has 3 atom stereocenters. The molecule has 3 amide bonds. The molecule has 4 rings (SSSR count). The van der Waals surface area contributed by atoms with Crippen LogP contribution < -0.4 is 15.5 Å². The summed E-state index contributed by atoms with van der Waals surface area (Å²) in [5, 5.41) is 17.4. The predicted octanol–water partition coefficient (Wildman–Crippen LogP) is 4.22. The number of carbonyl (C=O) groups excluding carboxylic acids is 3. The standard InChI is InChI=1S/C23H24N4O5/c1-13-3-9-18-19(11-13)23(30)26(22(18)29)17-8-10-20(21(12-17)27(31)32)25-16-6-4-15(5-7-16)24-14(2)28/h4-8,10,12-13,18-19,25H,3,9,11H2,1-2H3,(H,24,28)/t13-,18+,19-/m0/s1. The Balaban J connectivity index is 1.60. The van der Waals surface area contributed by atoms with Crippen LogP contribution in [0.15, 0.2) is 42.5 Å². The van der Waals surface area contributed by atoms with Crippen LogP contribution >= 0.6 is 0 Å². The molecule has 2 aliphatic rings. The third-order valence-electron chi connectivity index (χ3n) is 6.11. The molecule has 0 aromatic heterocycles. The first kappa shape index (κ1) is 21.5. The van der Waals surface area contributed by atoms with Gasteiger partial charge in [-0.3, -0.25) is 24.5 Å². The first-order valence-corrected chi connectivity index (χ1v) is 10.6. The van der Waals surface area contributed by atoms with Crippen molar-refractivity contribution >= 4 is 46.2 Å². The number of rotatable bonds is 5. The first-order chi connectivity index (χ1) is 15.2. The third kappa shape index (κ3) is 4.05. The fraction of sp³-hybridized carbons (Fsp3) is 0.348. The largest absolute Gasteiger partial charge is 0.350 e. The number of hydrogen-bond acceptors (Lipinski definition) is 6. The van der Waals surface area contributed by atoms with Gasteiger partial charge in [-0.25, -0.2) is 4.90 Å². The van der Waals surface area contributed by atoms with E-state index >= 15 is 0 Å². The summed E-state index contributed by atoms with van der Waals surface area (Å²) in [7, 11) is 0. The smallest absolute Gasteiger partial charge is 0.294 e. The number of nitro groups is 1. The van der Waals surface area contributed by atoms with Gasteiger partial charge in [-0.05, 0) is 61.6 Å². The highest BCUT2D eigenvalue weighted by Gasteiger charge is 2.50. The fourth-order valence-electron chi connectivity index (χ4n) is 4.56. The Bertz CT molecular complexity index is 1100. The Hall–Kier alpha value is -3.75. The number of anilines is 4. The number of nitrogens with one attached hydrogen (secondary N) is 2. The summed E-state index contributed by atoms with van der Waals surface area (Å²) in [6, 6.07) is 11.0. The van der Waals surface area contributed by atoms with Crippen molar-refractivity contribution in [3.63, 3.8) is 0 Å². The number of nitro benzene ring substituents is 1. The Morgan fingerprint density at radius 3 is 2.34 bits per heavy atom. The second-order valence-electron chi connectivity index (χ2n) is 8.49. The van der Waals surface area contributed by atoms with E-state index in [4.69, 9.17) is 0 Å². The number of amides is 3. The van der Waals surface area contributed by atoms with Crippen molar-refractivity contribution in [2.75, 3.05) is 15.5 Å². The molecule has 2 aromatic rings. The van der Waals surface area contributed by atoms with E-state index in [2.05, 4.69) is 17.6 Å². The van der Waals surface area contributed by atoms with Gasteiger partial charge >= 0.3 is 0 Å². The SMILES string of the molecule is CC(=O)Nc1ccc(Nc2ccc(N3C(=O)[C@H]4C[C@@H](C)CC[C@H]4C3=O)cc2[N+](=O)[O-])cc1. The van der Waals surface area contributed by atoms with E-state index in [-0.39, 0.29) is 46.6 Å². The van der Waals surface area contributed by atoms with Gasteiger partial charge in [0.05, 0.1) is 22.4 Å². The van der Waals surface area contributed by atoms with Gasteiger partial charge in [-0.2, -0.15) is 0 Å². The summed E-state index contributed by atoms with van der Waals surface area (Å²) in [6.45, 7) is 3.48. The average molecular weight is 436 g/mol. The van der Waals surface area contributed by atoms with Gasteiger partial charge in [0.2, 0.25) is 17.7 Å². The Morgan fingerprint density at radius 2 is 1.69 bits per heavy atom. The number of hydrogen-bond donors (Lipinski definition) is 2. The number of imide groups is 1. The van der Waals surface area contributed by atoms with Crippen LogP contribution in [-0.4, -0.2) is 22.6 Å². The molecule has 0 unspecified atom stereocenters. The Morgan fingerprint density at radius 1 is 1.03 bits per heavy atom. The van der Waals surface area contributed by atoms with Crippen LogP contribution in [0.25, 0.3) is 0 Å². The lowest BCUT2D eigenvalue weighted by molar-refractivity contribution is -0.383. The summed E-state index contributed by atoms with van der Waals surface area (Å²) in [5.41, 5.74) is 1.41. The van der Waals surface area contributed by atoms with Crippen LogP contribution in [0, 0.1) is 27.9 Å². The van der Waals surface area contributed by atoms with E-state index in [1.807, 2.05) is 0 Å². The minimum absolute atomic E-state index is 0.197. The second-order valence-corrected chi connectivity index (χ2v) is 8.49. The van der Waals surface area contributed by atoms with Gasteiger partial charge in [0, 0.05) is 24.4 Å². The van der Waals surface area contributed by atoms with Crippen LogP contribution in [0.5, 0.6) is 0 Å². The first-order valence-electron chi connectivity index (χ1n) is 10.6. The highest BCUT2D eigenvalue weighted by molar-refractivity contribution is 6.22. The van der Waals surface area contributed by atoms with Gasteiger partial charge in [0.1, 0.15) is 5.69 Å². The van der Waals surface area contributed by atoms with Crippen LogP contribution in [0.3, 0.4) is 0 Å². The molecule has 0 spiro atoms. The highest BCUT2D eigenvalue weighted by atomic mass is 16.6. The fourth-order valence-corrected chi connectivity index (χ4v) is 4.56. The van der Waals surface area contributed by atoms with Crippen LogP contribution in [0.1, 0.15) is 33.1 Å². The number of benzene rings is 2. The molecule has 2 aromatic carbocycles. The van der Waals surface area contributed by atoms with E-state index in [1.165, 1.54) is 19.1 Å². The van der Waals surface area contributed by atoms with E-state index in [9.17, 15) is 24.5 Å². The van der Waals surface area contributed by atoms with Crippen molar-refractivity contribution in [1.82, 2.24) is 0 Å². The van der Waals surface area contributed by atoms with Gasteiger partial charge < -0.3 is 10.6 Å². The van der Waals surface area contributed by atoms with Gasteiger partial charge in [0.15, 0.2) is 0 Å². The number of nitrogens with zero attached hydrogens (tertiary/aromatic N) is 2. The monoisotopic (exact) mass is 436 g/mol. The second kappa shape index (κ2) is 8.41. The van der Waals surface area contributed by atoms with Crippen LogP contribution in [0.2, 0.25) is 0 Å². The maximum Gasteiger partial charge on any atom is 0.294 e. The lowest BCUT2D eigenvalue weighted by atomic mass is 9.76. The highest BCUT2D eigenvalue weighted by Crippen LogP contribution is 2.43. The molecule has 1 aliphatic heterocycles. The molecule has 0 bridgehead atoms. The van der Waals surface area contributed by atoms with Crippen molar-refractivity contribution in [3.8, 4) is 0 Å². The maximum atomic E-state index is 13.0. The molecule has 0 radical (unpaired) electrons. The molecular weight excluding hydrogens is 412 g/mol. The molecule has 1 heterocycles. The molecular formula is C23H24N4O5. The van der Waals surface area contributed by atoms with Gasteiger partial charge in [0.25, 0.3) is 5.69 Å². The molecule has 2 fully saturated rings. The van der Waals surface area contributed by atoms with Crippen LogP contribution in [-0.2, 0) is 14.4 Å². The number of fused-ring (bicyclic) bond motifs is 1. The van der Waals surface area contributed by atoms with Gasteiger partial charge in [-0.15, -0.1) is 0 Å². The van der Waals surface area contributed by atoms with Gasteiger partial charge in [-0.1, -0.05) is 6.92 Å². The van der Waals surface area contributed by atoms with E-state index in [0.717, 1.165) is 11.3 Å². The van der Waals surface area contributed by atoms with Crippen molar-refractivity contribution < 1.29 is 19.3 Å². The van der Waals surface area contributed by atoms with Crippen LogP contribution in [0.4, 0.5) is 28.4 Å². The summed E-state index contributed by atoms with van der Waals surface area (Å²) in [5.74, 6) is -1.03. The normalized spacial score (nSPS) is 22.4. The summed E-state index contributed by atoms with van der Waals surface area (Å²) in [6.07, 6.45) is 2.24. The molecule has 1 saturated heterocycles. The Labute approximate surface area is 184 Å². The number of carbonyl (C=O) groups is 3. The van der Waals surface area contributed by atoms with Crippen molar-refractivity contribution in [1.29, 1.82) is 0 Å². The minimum Gasteiger partial charge on any atom is -0.350 e. The lowest BCUT2D eigenvalue weighted by Gasteiger charge is -2.25. The minimum atomic E-state index is -0.544. The average Bonchev–Trinajstić information content (AvgIpc) is 2.99. The summed E-state index contributed by atoms with van der Waals surface area (Å²) < 4.78 is 0. The van der Waals surface area contributed by atoms with E-state index in [0.29, 0.717) is 30.1 Å². The third-order valence-corrected chi connectivity index (χ3v) is 6.11. The predicted molar refractivity (Wildman–Crippen MR) is 120 cm³/mol. The molecule has 166 valence electrons. The Kier molecular flexibility index (Phi) is 5.65. The maximum absolute atomic E-state index is 13.0. The zero-order valence-electron chi connectivity index (χ0n) is 17.8. The van der Waals surface area contributed by atoms with Crippen molar-refractivity contribution in [2.24, 2.45) is 17.8 Å². The quantitative estimate of drug-likeness (QED) is 0.411. The zero-order chi connectivity index (χ0) is 23.0. The molecule has 1 saturated carbocycles. The molecule has 9 nitrogen and oxygen atoms in total. The zero-order valence-corrected chi connectivity index (χ0v) is 17.8. The summed E-state index contributed by atoms with van der Waals surface area (Å²) in [4.78, 5) is 49.3. The van der Waals surface area contributed by atoms with E-state index in [1.54, 1.807) is 30.3 Å². The molecule has 2 N–H and O–H groups in total. The lowest BCUT2D eigenvalue weighted by Crippen LogP contribution is -2.30.